The molecule has 2 N–H and O–H groups in total. The molecular weight excluding hydrogens is 180 g/mol. The van der Waals surface area contributed by atoms with Crippen LogP contribution in [0.2, 0.25) is 0 Å². The van der Waals surface area contributed by atoms with E-state index in [4.69, 9.17) is 15.2 Å². The van der Waals surface area contributed by atoms with Crippen molar-refractivity contribution in [2.24, 2.45) is 5.73 Å². The number of hydrogen-bond donors (Lipinski definition) is 1. The lowest BCUT2D eigenvalue weighted by Crippen LogP contribution is -2.45. The third-order valence-corrected chi connectivity index (χ3v) is 2.65. The minimum atomic E-state index is -2.79. The Kier molecular flexibility index (Phi) is 1.58. The Morgan fingerprint density at radius 1 is 1.38 bits per heavy atom. The largest absolute Gasteiger partial charge is 0.348 e. The summed E-state index contributed by atoms with van der Waals surface area (Å²) in [6.45, 7) is 3.53. The van der Waals surface area contributed by atoms with E-state index in [1.54, 1.807) is 13.8 Å². The summed E-state index contributed by atoms with van der Waals surface area (Å²) in [6.07, 6.45) is -0.984. The number of alkyl halides is 2. The number of nitrogens with two attached hydrogens (primary N) is 1. The highest BCUT2D eigenvalue weighted by atomic mass is 19.3. The number of hydrogen-bond acceptors (Lipinski definition) is 3. The zero-order valence-electron chi connectivity index (χ0n) is 7.64. The summed E-state index contributed by atoms with van der Waals surface area (Å²) in [7, 11) is 0. The van der Waals surface area contributed by atoms with Crippen LogP contribution in [-0.2, 0) is 9.47 Å². The molecule has 0 spiro atoms. The molecule has 0 amide bonds. The van der Waals surface area contributed by atoms with Gasteiger partial charge in [-0.2, -0.15) is 0 Å². The Labute approximate surface area is 75.2 Å². The van der Waals surface area contributed by atoms with Crippen LogP contribution >= 0.6 is 0 Å². The van der Waals surface area contributed by atoms with Gasteiger partial charge in [0, 0.05) is 6.42 Å². The monoisotopic (exact) mass is 193 g/mol. The van der Waals surface area contributed by atoms with Crippen LogP contribution in [0, 0.1) is 0 Å². The molecule has 0 bridgehead atoms. The molecule has 2 atom stereocenters. The smallest absolute Gasteiger partial charge is 0.270 e. The van der Waals surface area contributed by atoms with E-state index in [-0.39, 0.29) is 13.0 Å². The first kappa shape index (κ1) is 9.30. The predicted molar refractivity (Wildman–Crippen MR) is 41.4 cm³/mol. The van der Waals surface area contributed by atoms with Crippen LogP contribution in [-0.4, -0.2) is 30.0 Å². The molecule has 1 aliphatic heterocycles. The summed E-state index contributed by atoms with van der Waals surface area (Å²) in [5, 5.41) is 0. The first-order chi connectivity index (χ1) is 5.77. The molecule has 0 aromatic carbocycles. The van der Waals surface area contributed by atoms with Gasteiger partial charge in [-0.1, -0.05) is 0 Å². The van der Waals surface area contributed by atoms with Crippen LogP contribution in [0.4, 0.5) is 8.78 Å². The average molecular weight is 193 g/mol. The highest BCUT2D eigenvalue weighted by Gasteiger charge is 2.74. The topological polar surface area (TPSA) is 44.5 Å². The molecule has 13 heavy (non-hydrogen) atoms. The Balaban J connectivity index is 2.06. The standard InChI is InChI=1S/C8H13F2NO2/c1-6(2)12-3-5(13-6)7(11)4-8(7,9)10/h5H,3-4,11H2,1-2H3. The number of halogens is 2. The van der Waals surface area contributed by atoms with Crippen molar-refractivity contribution < 1.29 is 18.3 Å². The predicted octanol–water partition coefficient (Wildman–Crippen LogP) is 0.874. The molecule has 2 fully saturated rings. The maximum atomic E-state index is 12.8. The Morgan fingerprint density at radius 3 is 2.23 bits per heavy atom. The van der Waals surface area contributed by atoms with Gasteiger partial charge in [0.15, 0.2) is 5.79 Å². The SMILES string of the molecule is CC1(C)OCC(C2(N)CC2(F)F)O1. The molecule has 2 rings (SSSR count). The Bertz CT molecular complexity index is 244. The lowest BCUT2D eigenvalue weighted by molar-refractivity contribution is -0.145. The number of rotatable bonds is 1. The molecule has 2 unspecified atom stereocenters. The average Bonchev–Trinajstić information content (AvgIpc) is 2.36. The van der Waals surface area contributed by atoms with Crippen LogP contribution in [0.1, 0.15) is 20.3 Å². The van der Waals surface area contributed by atoms with E-state index in [0.717, 1.165) is 0 Å². The van der Waals surface area contributed by atoms with Crippen LogP contribution < -0.4 is 5.73 Å². The first-order valence-corrected chi connectivity index (χ1v) is 4.25. The lowest BCUT2D eigenvalue weighted by Gasteiger charge is -2.20. The van der Waals surface area contributed by atoms with E-state index in [0.29, 0.717) is 0 Å². The molecule has 0 radical (unpaired) electrons. The highest BCUT2D eigenvalue weighted by Crippen LogP contribution is 2.55. The van der Waals surface area contributed by atoms with Gasteiger partial charge in [-0.05, 0) is 13.8 Å². The molecule has 5 heteroatoms. The van der Waals surface area contributed by atoms with Gasteiger partial charge in [-0.25, -0.2) is 8.78 Å². The lowest BCUT2D eigenvalue weighted by atomic mass is 10.1. The van der Waals surface area contributed by atoms with Gasteiger partial charge >= 0.3 is 0 Å². The van der Waals surface area contributed by atoms with Crippen LogP contribution in [0.15, 0.2) is 0 Å². The van der Waals surface area contributed by atoms with Crippen molar-refractivity contribution in [3.8, 4) is 0 Å². The summed E-state index contributed by atoms with van der Waals surface area (Å²) in [6, 6.07) is 0. The first-order valence-electron chi connectivity index (χ1n) is 4.25. The molecule has 3 nitrogen and oxygen atoms in total. The van der Waals surface area contributed by atoms with Crippen molar-refractivity contribution in [1.29, 1.82) is 0 Å². The summed E-state index contributed by atoms with van der Waals surface area (Å²) in [5.74, 6) is -3.57. The van der Waals surface area contributed by atoms with Crippen molar-refractivity contribution >= 4 is 0 Å². The molecule has 0 aromatic rings. The summed E-state index contributed by atoms with van der Waals surface area (Å²) >= 11 is 0. The van der Waals surface area contributed by atoms with E-state index in [9.17, 15) is 8.78 Å². The maximum Gasteiger partial charge on any atom is 0.270 e. The summed E-state index contributed by atoms with van der Waals surface area (Å²) in [4.78, 5) is 0. The molecule has 1 saturated heterocycles. The van der Waals surface area contributed by atoms with Crippen molar-refractivity contribution in [2.75, 3.05) is 6.61 Å². The van der Waals surface area contributed by atoms with E-state index >= 15 is 0 Å². The van der Waals surface area contributed by atoms with Crippen molar-refractivity contribution in [3.63, 3.8) is 0 Å². The summed E-state index contributed by atoms with van der Waals surface area (Å²) < 4.78 is 36.1. The third-order valence-electron chi connectivity index (χ3n) is 2.65. The normalized spacial score (nSPS) is 46.4. The van der Waals surface area contributed by atoms with Gasteiger partial charge < -0.3 is 15.2 Å². The minimum absolute atomic E-state index is 0.152. The van der Waals surface area contributed by atoms with Gasteiger partial charge in [0.25, 0.3) is 5.92 Å². The summed E-state index contributed by atoms with van der Waals surface area (Å²) in [5.41, 5.74) is 4.00. The van der Waals surface area contributed by atoms with Crippen molar-refractivity contribution in [3.05, 3.63) is 0 Å². The highest BCUT2D eigenvalue weighted by molar-refractivity contribution is 5.21. The van der Waals surface area contributed by atoms with Crippen molar-refractivity contribution in [2.45, 2.75) is 43.6 Å². The maximum absolute atomic E-state index is 12.8. The van der Waals surface area contributed by atoms with Gasteiger partial charge in [0.2, 0.25) is 0 Å². The van der Waals surface area contributed by atoms with E-state index < -0.39 is 23.4 Å². The number of ether oxygens (including phenoxy) is 2. The molecular formula is C8H13F2NO2. The molecule has 2 aliphatic rings. The zero-order valence-corrected chi connectivity index (χ0v) is 7.64. The van der Waals surface area contributed by atoms with Crippen molar-refractivity contribution in [1.82, 2.24) is 0 Å². The molecule has 1 heterocycles. The minimum Gasteiger partial charge on any atom is -0.348 e. The zero-order chi connectivity index (χ0) is 9.91. The van der Waals surface area contributed by atoms with Crippen LogP contribution in [0.3, 0.4) is 0 Å². The second-order valence-electron chi connectivity index (χ2n) is 4.24. The van der Waals surface area contributed by atoms with E-state index in [2.05, 4.69) is 0 Å². The second kappa shape index (κ2) is 2.21. The van der Waals surface area contributed by atoms with E-state index in [1.807, 2.05) is 0 Å². The Morgan fingerprint density at radius 2 is 1.92 bits per heavy atom. The fourth-order valence-corrected chi connectivity index (χ4v) is 1.61. The fourth-order valence-electron chi connectivity index (χ4n) is 1.61. The molecule has 1 aliphatic carbocycles. The van der Waals surface area contributed by atoms with Gasteiger partial charge in [0.1, 0.15) is 11.6 Å². The fraction of sp³-hybridized carbons (Fsp3) is 1.00. The van der Waals surface area contributed by atoms with Gasteiger partial charge in [0.05, 0.1) is 6.61 Å². The Hall–Kier alpha value is -0.260. The molecule has 76 valence electrons. The second-order valence-corrected chi connectivity index (χ2v) is 4.24. The molecule has 1 saturated carbocycles. The quantitative estimate of drug-likeness (QED) is 0.672. The van der Waals surface area contributed by atoms with Crippen LogP contribution in [0.25, 0.3) is 0 Å². The van der Waals surface area contributed by atoms with Gasteiger partial charge in [-0.15, -0.1) is 0 Å². The molecule has 0 aromatic heterocycles. The van der Waals surface area contributed by atoms with Crippen LogP contribution in [0.5, 0.6) is 0 Å². The third kappa shape index (κ3) is 1.26. The van der Waals surface area contributed by atoms with E-state index in [1.165, 1.54) is 0 Å². The van der Waals surface area contributed by atoms with Gasteiger partial charge in [-0.3, -0.25) is 0 Å².